The first-order chi connectivity index (χ1) is 7.69. The number of rotatable bonds is 2. The lowest BCUT2D eigenvalue weighted by atomic mass is 9.96. The Labute approximate surface area is 96.2 Å². The number of hydrogen-bond acceptors (Lipinski definition) is 3. The van der Waals surface area contributed by atoms with Crippen molar-refractivity contribution in [2.45, 2.75) is 57.5 Å². The van der Waals surface area contributed by atoms with Gasteiger partial charge in [-0.1, -0.05) is 6.42 Å². The van der Waals surface area contributed by atoms with Crippen molar-refractivity contribution in [1.82, 2.24) is 14.8 Å². The maximum atomic E-state index is 6.44. The van der Waals surface area contributed by atoms with E-state index in [0.717, 1.165) is 24.6 Å². The summed E-state index contributed by atoms with van der Waals surface area (Å²) in [5.74, 6) is 2.78. The molecule has 2 N–H and O–H groups in total. The van der Waals surface area contributed by atoms with Crippen molar-refractivity contribution >= 4 is 0 Å². The summed E-state index contributed by atoms with van der Waals surface area (Å²) >= 11 is 0. The summed E-state index contributed by atoms with van der Waals surface area (Å²) in [6.07, 6.45) is 7.33. The molecule has 16 heavy (non-hydrogen) atoms. The van der Waals surface area contributed by atoms with Gasteiger partial charge in [-0.15, -0.1) is 10.2 Å². The van der Waals surface area contributed by atoms with E-state index in [1.165, 1.54) is 32.1 Å². The van der Waals surface area contributed by atoms with Gasteiger partial charge in [-0.05, 0) is 38.5 Å². The van der Waals surface area contributed by atoms with Crippen molar-refractivity contribution in [3.05, 3.63) is 11.6 Å². The van der Waals surface area contributed by atoms with Gasteiger partial charge in [0, 0.05) is 13.0 Å². The molecule has 3 rings (SSSR count). The Morgan fingerprint density at radius 1 is 1.25 bits per heavy atom. The van der Waals surface area contributed by atoms with Crippen LogP contribution in [-0.4, -0.2) is 14.8 Å². The third-order valence-corrected chi connectivity index (χ3v) is 4.02. The molecule has 1 unspecified atom stereocenters. The Hall–Kier alpha value is -0.900. The minimum atomic E-state index is -0.268. The largest absolute Gasteiger partial charge is 0.319 e. The van der Waals surface area contributed by atoms with E-state index in [9.17, 15) is 0 Å². The third-order valence-electron chi connectivity index (χ3n) is 4.02. The van der Waals surface area contributed by atoms with E-state index in [2.05, 4.69) is 21.7 Å². The van der Waals surface area contributed by atoms with Crippen LogP contribution in [0.5, 0.6) is 0 Å². The first kappa shape index (κ1) is 10.3. The fourth-order valence-electron chi connectivity index (χ4n) is 2.75. The van der Waals surface area contributed by atoms with Crippen molar-refractivity contribution in [3.63, 3.8) is 0 Å². The Balaban J connectivity index is 1.98. The lowest BCUT2D eigenvalue weighted by Gasteiger charge is -2.24. The molecule has 88 valence electrons. The van der Waals surface area contributed by atoms with Crippen molar-refractivity contribution in [2.24, 2.45) is 11.7 Å². The van der Waals surface area contributed by atoms with Crippen LogP contribution in [0.25, 0.3) is 0 Å². The summed E-state index contributed by atoms with van der Waals surface area (Å²) in [6, 6.07) is 0. The zero-order valence-corrected chi connectivity index (χ0v) is 9.95. The predicted molar refractivity (Wildman–Crippen MR) is 61.8 cm³/mol. The molecule has 0 amide bonds. The standard InChI is InChI=1S/C12H20N4/c1-12(13,9-6-7-9)11-15-14-10-5-3-2-4-8-16(10)11/h9H,2-8,13H2,1H3. The predicted octanol–water partition coefficient (Wildman–Crippen LogP) is 1.59. The maximum absolute atomic E-state index is 6.44. The second-order valence-corrected chi connectivity index (χ2v) is 5.46. The molecule has 1 saturated carbocycles. The van der Waals surface area contributed by atoms with Gasteiger partial charge in [-0.2, -0.15) is 0 Å². The molecule has 2 heterocycles. The molecule has 0 saturated heterocycles. The van der Waals surface area contributed by atoms with Gasteiger partial charge in [-0.3, -0.25) is 0 Å². The van der Waals surface area contributed by atoms with E-state index < -0.39 is 0 Å². The highest BCUT2D eigenvalue weighted by atomic mass is 15.3. The van der Waals surface area contributed by atoms with Gasteiger partial charge in [0.25, 0.3) is 0 Å². The van der Waals surface area contributed by atoms with Gasteiger partial charge in [0.05, 0.1) is 5.54 Å². The van der Waals surface area contributed by atoms with Gasteiger partial charge in [-0.25, -0.2) is 0 Å². The quantitative estimate of drug-likeness (QED) is 0.823. The average molecular weight is 220 g/mol. The van der Waals surface area contributed by atoms with E-state index >= 15 is 0 Å². The molecule has 0 aromatic carbocycles. The molecule has 4 heteroatoms. The van der Waals surface area contributed by atoms with Crippen LogP contribution in [0.15, 0.2) is 0 Å². The highest BCUT2D eigenvalue weighted by molar-refractivity contribution is 5.13. The SMILES string of the molecule is CC(N)(c1nnc2n1CCCCC2)C1CC1. The number of aryl methyl sites for hydroxylation is 1. The first-order valence-electron chi connectivity index (χ1n) is 6.41. The molecule has 1 aromatic rings. The van der Waals surface area contributed by atoms with Crippen LogP contribution < -0.4 is 5.73 Å². The topological polar surface area (TPSA) is 56.7 Å². The summed E-state index contributed by atoms with van der Waals surface area (Å²) in [4.78, 5) is 0. The Morgan fingerprint density at radius 2 is 2.06 bits per heavy atom. The molecule has 0 radical (unpaired) electrons. The monoisotopic (exact) mass is 220 g/mol. The maximum Gasteiger partial charge on any atom is 0.153 e. The Morgan fingerprint density at radius 3 is 2.81 bits per heavy atom. The van der Waals surface area contributed by atoms with Crippen molar-refractivity contribution < 1.29 is 0 Å². The Kier molecular flexibility index (Phi) is 2.28. The minimum absolute atomic E-state index is 0.268. The number of nitrogens with two attached hydrogens (primary N) is 1. The summed E-state index contributed by atoms with van der Waals surface area (Å²) in [6.45, 7) is 3.17. The van der Waals surface area contributed by atoms with Crippen molar-refractivity contribution in [2.75, 3.05) is 0 Å². The van der Waals surface area contributed by atoms with E-state index in [4.69, 9.17) is 5.73 Å². The molecule has 1 aromatic heterocycles. The number of aromatic nitrogens is 3. The van der Waals surface area contributed by atoms with E-state index in [-0.39, 0.29) is 5.54 Å². The molecule has 4 nitrogen and oxygen atoms in total. The fourth-order valence-corrected chi connectivity index (χ4v) is 2.75. The normalized spacial score (nSPS) is 24.6. The average Bonchev–Trinajstić information content (AvgIpc) is 3.04. The minimum Gasteiger partial charge on any atom is -0.319 e. The van der Waals surface area contributed by atoms with Crippen LogP contribution in [0, 0.1) is 5.92 Å². The fraction of sp³-hybridized carbons (Fsp3) is 0.833. The first-order valence-corrected chi connectivity index (χ1v) is 6.41. The molecule has 1 fully saturated rings. The van der Waals surface area contributed by atoms with E-state index in [1.807, 2.05) is 0 Å². The summed E-state index contributed by atoms with van der Waals surface area (Å²) in [5, 5.41) is 8.69. The van der Waals surface area contributed by atoms with Crippen LogP contribution >= 0.6 is 0 Å². The van der Waals surface area contributed by atoms with Crippen LogP contribution in [-0.2, 0) is 18.5 Å². The number of nitrogens with zero attached hydrogens (tertiary/aromatic N) is 3. The van der Waals surface area contributed by atoms with Gasteiger partial charge in [0.1, 0.15) is 5.82 Å². The van der Waals surface area contributed by atoms with Gasteiger partial charge in [0.2, 0.25) is 0 Å². The molecule has 1 atom stereocenters. The molecule has 0 spiro atoms. The van der Waals surface area contributed by atoms with Crippen LogP contribution in [0.2, 0.25) is 0 Å². The molecular formula is C12H20N4. The Bertz CT molecular complexity index is 390. The highest BCUT2D eigenvalue weighted by Crippen LogP contribution is 2.43. The zero-order valence-electron chi connectivity index (χ0n) is 9.95. The second-order valence-electron chi connectivity index (χ2n) is 5.46. The van der Waals surface area contributed by atoms with Crippen molar-refractivity contribution in [1.29, 1.82) is 0 Å². The van der Waals surface area contributed by atoms with Crippen LogP contribution in [0.1, 0.15) is 50.7 Å². The van der Waals surface area contributed by atoms with Crippen LogP contribution in [0.3, 0.4) is 0 Å². The smallest absolute Gasteiger partial charge is 0.153 e. The van der Waals surface area contributed by atoms with Gasteiger partial charge < -0.3 is 10.3 Å². The van der Waals surface area contributed by atoms with Crippen LogP contribution in [0.4, 0.5) is 0 Å². The molecular weight excluding hydrogens is 200 g/mol. The lowest BCUT2D eigenvalue weighted by Crippen LogP contribution is -2.38. The van der Waals surface area contributed by atoms with E-state index in [0.29, 0.717) is 5.92 Å². The molecule has 1 aliphatic carbocycles. The zero-order chi connectivity index (χ0) is 11.2. The third kappa shape index (κ3) is 1.56. The number of hydrogen-bond donors (Lipinski definition) is 1. The molecule has 0 bridgehead atoms. The van der Waals surface area contributed by atoms with Gasteiger partial charge >= 0.3 is 0 Å². The van der Waals surface area contributed by atoms with Crippen molar-refractivity contribution in [3.8, 4) is 0 Å². The highest BCUT2D eigenvalue weighted by Gasteiger charge is 2.43. The molecule has 2 aliphatic rings. The summed E-state index contributed by atoms with van der Waals surface area (Å²) in [7, 11) is 0. The summed E-state index contributed by atoms with van der Waals surface area (Å²) < 4.78 is 2.28. The second kappa shape index (κ2) is 3.55. The molecule has 1 aliphatic heterocycles. The van der Waals surface area contributed by atoms with Gasteiger partial charge in [0.15, 0.2) is 5.82 Å². The summed E-state index contributed by atoms with van der Waals surface area (Å²) in [5.41, 5.74) is 6.17. The van der Waals surface area contributed by atoms with E-state index in [1.54, 1.807) is 0 Å². The number of fused-ring (bicyclic) bond motifs is 1. The lowest BCUT2D eigenvalue weighted by molar-refractivity contribution is 0.377.